The quantitative estimate of drug-likeness (QED) is 0.146. The van der Waals surface area contributed by atoms with Crippen molar-refractivity contribution in [3.8, 4) is 66.8 Å². The predicted molar refractivity (Wildman–Crippen MR) is 439 cm³/mol. The van der Waals surface area contributed by atoms with Gasteiger partial charge in [0.15, 0.2) is 0 Å². The van der Waals surface area contributed by atoms with Crippen LogP contribution in [-0.4, -0.2) is 0 Å². The molecule has 2 unspecified atom stereocenters. The van der Waals surface area contributed by atoms with Gasteiger partial charge in [-0.15, -0.1) is 0 Å². The first-order chi connectivity index (χ1) is 50.6. The van der Waals surface area contributed by atoms with Gasteiger partial charge in [-0.3, -0.25) is 0 Å². The standard InChI is InChI=1S/C102H56/c1-7-55-19-25-67-37-49-79(73-43-31-61(13-1)85(55)91(67)73)97-98(80-50-38-68-26-20-56-8-2-14-62-32-44-74(80)92(68)86(56)62)100(82-52-40-70-28-22-58-10-4-16-64-34-46-76(82)94(70)88(58)64)102(84-54-42-72-30-24-60-12-6-18-66-36-48-78(84)96(72)90(60)66)101(83-53-41-71-29-23-59-11-5-17-65-35-47-77(83)95(71)89(59)65)99(97)81-51-39-69-27-21-57-9-3-15-63-33-45-75(81)93(69)87(57)63/h1-54,61,85H. The number of rotatable bonds is 6. The highest BCUT2D eigenvalue weighted by Gasteiger charge is 2.38. The molecule has 0 nitrogen and oxygen atoms in total. The van der Waals surface area contributed by atoms with Crippen molar-refractivity contribution in [2.75, 3.05) is 0 Å². The van der Waals surface area contributed by atoms with Gasteiger partial charge >= 0.3 is 0 Å². The zero-order valence-corrected chi connectivity index (χ0v) is 55.3. The Labute approximate surface area is 586 Å². The van der Waals surface area contributed by atoms with Crippen LogP contribution < -0.4 is 0 Å². The van der Waals surface area contributed by atoms with E-state index in [4.69, 9.17) is 0 Å². The summed E-state index contributed by atoms with van der Waals surface area (Å²) in [6, 6.07) is 112. The molecule has 0 aliphatic heterocycles. The average Bonchev–Trinajstić information content (AvgIpc) is 0.682. The molecule has 22 aromatic rings. The summed E-state index contributed by atoms with van der Waals surface area (Å²) in [4.78, 5) is 0. The summed E-state index contributed by atoms with van der Waals surface area (Å²) in [6.07, 6.45) is 16.9. The third-order valence-corrected chi connectivity index (χ3v) is 24.7. The summed E-state index contributed by atoms with van der Waals surface area (Å²) < 4.78 is 0. The normalized spacial score (nSPS) is 15.2. The Balaban J connectivity index is 1.01. The van der Waals surface area contributed by atoms with Crippen molar-refractivity contribution in [3.63, 3.8) is 0 Å². The van der Waals surface area contributed by atoms with Crippen molar-refractivity contribution >= 4 is 174 Å². The van der Waals surface area contributed by atoms with Crippen LogP contribution in [0.25, 0.3) is 241 Å². The Morgan fingerprint density at radius 1 is 0.196 bits per heavy atom. The van der Waals surface area contributed by atoms with Crippen LogP contribution in [0.5, 0.6) is 0 Å². The Morgan fingerprint density at radius 2 is 0.451 bits per heavy atom. The summed E-state index contributed by atoms with van der Waals surface area (Å²) in [5.74, 6) is 0.388. The Hall–Kier alpha value is -13.0. The largest absolute Gasteiger partial charge is 0.0767 e. The molecule has 0 bridgehead atoms. The SMILES string of the molecule is C1=CC2C=Cc3c(-c4c(-c5ccc6ccc7cccc8ccc5c6c78)c(-c5ccc6ccc7cccc8ccc5c6c78)c(-c5ccc6ccc7cccc8ccc5c6c78)c(-c5ccc6ccc7cccc8ccc5c6c78)c4-c4ccc5ccc6cccc7ccc4c5c67)ccc4c3C2C(=C1)C=C4. The van der Waals surface area contributed by atoms with Gasteiger partial charge in [-0.25, -0.2) is 0 Å². The minimum atomic E-state index is 0.163. The van der Waals surface area contributed by atoms with E-state index in [1.54, 1.807) is 0 Å². The summed E-state index contributed by atoms with van der Waals surface area (Å²) in [5, 5.41) is 37.9. The van der Waals surface area contributed by atoms with E-state index >= 15 is 0 Å². The van der Waals surface area contributed by atoms with Crippen LogP contribution in [0.2, 0.25) is 0 Å². The molecule has 0 heteroatoms. The number of benzene rings is 22. The molecule has 0 N–H and O–H groups in total. The van der Waals surface area contributed by atoms with Crippen LogP contribution in [0.4, 0.5) is 0 Å². The summed E-state index contributed by atoms with van der Waals surface area (Å²) in [7, 11) is 0. The molecule has 3 aliphatic carbocycles. The van der Waals surface area contributed by atoms with Crippen LogP contribution >= 0.6 is 0 Å². The minimum absolute atomic E-state index is 0.163. The number of allylic oxidation sites excluding steroid dienone is 6. The van der Waals surface area contributed by atoms with E-state index in [1.807, 2.05) is 0 Å². The van der Waals surface area contributed by atoms with Crippen LogP contribution in [0, 0.1) is 5.92 Å². The Bertz CT molecular complexity index is 7270. The molecule has 2 atom stereocenters. The van der Waals surface area contributed by atoms with Gasteiger partial charge in [0.05, 0.1) is 0 Å². The van der Waals surface area contributed by atoms with Gasteiger partial charge in [-0.05, 0) is 251 Å². The van der Waals surface area contributed by atoms with Crippen molar-refractivity contribution in [1.82, 2.24) is 0 Å². The predicted octanol–water partition coefficient (Wildman–Crippen LogP) is 28.4. The monoisotopic (exact) mass is 1280 g/mol. The lowest BCUT2D eigenvalue weighted by Gasteiger charge is -2.37. The molecule has 0 amide bonds. The summed E-state index contributed by atoms with van der Waals surface area (Å²) in [6.45, 7) is 0. The molecule has 0 spiro atoms. The maximum absolute atomic E-state index is 2.54. The molecule has 0 fully saturated rings. The average molecular weight is 1280 g/mol. The smallest absolute Gasteiger partial charge is 0.0199 e. The summed E-state index contributed by atoms with van der Waals surface area (Å²) in [5.41, 5.74) is 20.0. The zero-order chi connectivity index (χ0) is 65.9. The highest BCUT2D eigenvalue weighted by atomic mass is 14.4. The molecular weight excluding hydrogens is 1230 g/mol. The molecule has 102 heavy (non-hydrogen) atoms. The van der Waals surface area contributed by atoms with Gasteiger partial charge in [0, 0.05) is 11.8 Å². The first-order valence-corrected chi connectivity index (χ1v) is 36.1. The fourth-order valence-corrected chi connectivity index (χ4v) is 20.5. The fourth-order valence-electron chi connectivity index (χ4n) is 20.5. The van der Waals surface area contributed by atoms with Crippen LogP contribution in [0.3, 0.4) is 0 Å². The van der Waals surface area contributed by atoms with E-state index in [9.17, 15) is 0 Å². The van der Waals surface area contributed by atoms with Gasteiger partial charge in [-0.2, -0.15) is 0 Å². The van der Waals surface area contributed by atoms with E-state index in [1.165, 1.54) is 251 Å². The minimum Gasteiger partial charge on any atom is -0.0767 e. The Kier molecular flexibility index (Phi) is 10.3. The first-order valence-electron chi connectivity index (χ1n) is 36.1. The van der Waals surface area contributed by atoms with Gasteiger partial charge in [0.25, 0.3) is 0 Å². The molecule has 25 rings (SSSR count). The van der Waals surface area contributed by atoms with E-state index in [-0.39, 0.29) is 11.8 Å². The zero-order valence-electron chi connectivity index (χ0n) is 55.3. The highest BCUT2D eigenvalue weighted by Crippen LogP contribution is 2.63. The highest BCUT2D eigenvalue weighted by molar-refractivity contribution is 6.36. The molecule has 0 saturated carbocycles. The fraction of sp³-hybridized carbons (Fsp3) is 0.0196. The lowest BCUT2D eigenvalue weighted by molar-refractivity contribution is 0.665. The van der Waals surface area contributed by atoms with E-state index in [0.29, 0.717) is 0 Å². The van der Waals surface area contributed by atoms with Gasteiger partial charge < -0.3 is 0 Å². The molecule has 0 heterocycles. The third-order valence-electron chi connectivity index (χ3n) is 24.7. The second-order valence-electron chi connectivity index (χ2n) is 29.4. The van der Waals surface area contributed by atoms with Crippen molar-refractivity contribution in [2.24, 2.45) is 5.92 Å². The number of hydrogen-bond donors (Lipinski definition) is 0. The molecule has 0 radical (unpaired) electrons. The van der Waals surface area contributed by atoms with Crippen molar-refractivity contribution in [1.29, 1.82) is 0 Å². The maximum Gasteiger partial charge on any atom is 0.0199 e. The lowest BCUT2D eigenvalue weighted by atomic mass is 9.66. The summed E-state index contributed by atoms with van der Waals surface area (Å²) >= 11 is 0. The lowest BCUT2D eigenvalue weighted by Crippen LogP contribution is -2.21. The molecular formula is C102H56. The van der Waals surface area contributed by atoms with Crippen molar-refractivity contribution in [3.05, 3.63) is 338 Å². The van der Waals surface area contributed by atoms with Crippen LogP contribution in [0.1, 0.15) is 22.6 Å². The topological polar surface area (TPSA) is 0 Å². The van der Waals surface area contributed by atoms with Crippen molar-refractivity contribution < 1.29 is 0 Å². The van der Waals surface area contributed by atoms with Crippen molar-refractivity contribution in [2.45, 2.75) is 5.92 Å². The maximum atomic E-state index is 2.54. The second-order valence-corrected chi connectivity index (χ2v) is 29.4. The molecule has 0 saturated heterocycles. The third kappa shape index (κ3) is 6.92. The van der Waals surface area contributed by atoms with Crippen LogP contribution in [0.15, 0.2) is 321 Å². The number of hydrogen-bond acceptors (Lipinski definition) is 0. The van der Waals surface area contributed by atoms with Gasteiger partial charge in [0.1, 0.15) is 0 Å². The van der Waals surface area contributed by atoms with E-state index in [2.05, 4.69) is 328 Å². The first kappa shape index (κ1) is 54.0. The molecule has 3 aliphatic rings. The van der Waals surface area contributed by atoms with E-state index < -0.39 is 0 Å². The van der Waals surface area contributed by atoms with Crippen LogP contribution in [-0.2, 0) is 0 Å². The Morgan fingerprint density at radius 3 is 0.755 bits per heavy atom. The van der Waals surface area contributed by atoms with Gasteiger partial charge in [-0.1, -0.05) is 328 Å². The van der Waals surface area contributed by atoms with Gasteiger partial charge in [0.2, 0.25) is 0 Å². The second kappa shape index (κ2) is 19.5. The molecule has 22 aromatic carbocycles. The van der Waals surface area contributed by atoms with E-state index in [0.717, 1.165) is 0 Å². The molecule has 464 valence electrons. The molecule has 0 aromatic heterocycles.